The SMILES string of the molecule is NN(C(=O)O)c1ccc(NCc2ccc(F)cc2)cc1. The lowest BCUT2D eigenvalue weighted by Crippen LogP contribution is -2.35. The van der Waals surface area contributed by atoms with E-state index >= 15 is 0 Å². The van der Waals surface area contributed by atoms with Gasteiger partial charge in [-0.3, -0.25) is 0 Å². The molecule has 0 bridgehead atoms. The van der Waals surface area contributed by atoms with E-state index in [1.807, 2.05) is 0 Å². The zero-order chi connectivity index (χ0) is 14.5. The van der Waals surface area contributed by atoms with Crippen LogP contribution in [0.15, 0.2) is 48.5 Å². The fourth-order valence-electron chi connectivity index (χ4n) is 1.66. The first-order chi connectivity index (χ1) is 9.56. The summed E-state index contributed by atoms with van der Waals surface area (Å²) < 4.78 is 12.8. The molecule has 6 heteroatoms. The molecule has 104 valence electrons. The summed E-state index contributed by atoms with van der Waals surface area (Å²) >= 11 is 0. The van der Waals surface area contributed by atoms with Crippen LogP contribution in [0, 0.1) is 5.82 Å². The Morgan fingerprint density at radius 1 is 1.15 bits per heavy atom. The predicted molar refractivity (Wildman–Crippen MR) is 74.9 cm³/mol. The molecule has 0 unspecified atom stereocenters. The van der Waals surface area contributed by atoms with Crippen LogP contribution in [0.2, 0.25) is 0 Å². The molecule has 0 aliphatic rings. The number of amides is 1. The highest BCUT2D eigenvalue weighted by Gasteiger charge is 2.08. The van der Waals surface area contributed by atoms with Crippen LogP contribution in [0.25, 0.3) is 0 Å². The van der Waals surface area contributed by atoms with Gasteiger partial charge in [-0.15, -0.1) is 0 Å². The van der Waals surface area contributed by atoms with Gasteiger partial charge in [0.25, 0.3) is 0 Å². The molecule has 4 N–H and O–H groups in total. The molecule has 1 amide bonds. The number of hydrogen-bond acceptors (Lipinski definition) is 3. The summed E-state index contributed by atoms with van der Waals surface area (Å²) in [6.07, 6.45) is -1.22. The number of rotatable bonds is 4. The second kappa shape index (κ2) is 6.03. The first kappa shape index (κ1) is 13.8. The lowest BCUT2D eigenvalue weighted by atomic mass is 10.2. The summed E-state index contributed by atoms with van der Waals surface area (Å²) in [6.45, 7) is 0.547. The largest absolute Gasteiger partial charge is 0.464 e. The maximum atomic E-state index is 12.8. The van der Waals surface area contributed by atoms with Gasteiger partial charge in [-0.25, -0.2) is 20.0 Å². The van der Waals surface area contributed by atoms with Crippen molar-refractivity contribution in [3.63, 3.8) is 0 Å². The molecular formula is C14H14FN3O2. The van der Waals surface area contributed by atoms with Gasteiger partial charge in [0.1, 0.15) is 5.82 Å². The number of halogens is 1. The Hall–Kier alpha value is -2.60. The van der Waals surface area contributed by atoms with Gasteiger partial charge < -0.3 is 10.4 Å². The summed E-state index contributed by atoms with van der Waals surface area (Å²) in [6, 6.07) is 12.8. The van der Waals surface area contributed by atoms with Crippen LogP contribution in [0.4, 0.5) is 20.6 Å². The van der Waals surface area contributed by atoms with E-state index in [9.17, 15) is 9.18 Å². The molecule has 0 fully saturated rings. The van der Waals surface area contributed by atoms with E-state index in [-0.39, 0.29) is 5.82 Å². The quantitative estimate of drug-likeness (QED) is 0.455. The Balaban J connectivity index is 1.97. The standard InChI is InChI=1S/C14H14FN3O2/c15-11-3-1-10(2-4-11)9-17-12-5-7-13(8-6-12)18(16)14(19)20/h1-8,17H,9,16H2,(H,19,20). The Bertz CT molecular complexity index is 584. The average Bonchev–Trinajstić information content (AvgIpc) is 2.46. The van der Waals surface area contributed by atoms with Crippen LogP contribution in [0.1, 0.15) is 5.56 Å². The van der Waals surface area contributed by atoms with Gasteiger partial charge in [0.05, 0.1) is 5.69 Å². The normalized spacial score (nSPS) is 10.1. The van der Waals surface area contributed by atoms with E-state index in [1.54, 1.807) is 36.4 Å². The highest BCUT2D eigenvalue weighted by molar-refractivity contribution is 5.84. The smallest absolute Gasteiger partial charge is 0.426 e. The van der Waals surface area contributed by atoms with Gasteiger partial charge >= 0.3 is 6.09 Å². The molecule has 0 radical (unpaired) electrons. The van der Waals surface area contributed by atoms with Crippen molar-refractivity contribution in [2.45, 2.75) is 6.54 Å². The Morgan fingerprint density at radius 3 is 2.30 bits per heavy atom. The molecule has 5 nitrogen and oxygen atoms in total. The van der Waals surface area contributed by atoms with Crippen molar-refractivity contribution in [1.29, 1.82) is 0 Å². The van der Waals surface area contributed by atoms with E-state index in [4.69, 9.17) is 10.9 Å². The van der Waals surface area contributed by atoms with E-state index in [0.29, 0.717) is 17.2 Å². The Morgan fingerprint density at radius 2 is 1.75 bits per heavy atom. The van der Waals surface area contributed by atoms with Crippen LogP contribution in [-0.4, -0.2) is 11.2 Å². The number of nitrogens with two attached hydrogens (primary N) is 1. The van der Waals surface area contributed by atoms with E-state index in [1.165, 1.54) is 12.1 Å². The van der Waals surface area contributed by atoms with Crippen molar-refractivity contribution in [2.75, 3.05) is 10.3 Å². The van der Waals surface area contributed by atoms with Gasteiger partial charge in [-0.2, -0.15) is 0 Å². The molecule has 0 aliphatic heterocycles. The van der Waals surface area contributed by atoms with Gasteiger partial charge in [-0.05, 0) is 42.0 Å². The predicted octanol–water partition coefficient (Wildman–Crippen LogP) is 2.80. The van der Waals surface area contributed by atoms with Gasteiger partial charge in [0.15, 0.2) is 0 Å². The molecule has 0 atom stereocenters. The summed E-state index contributed by atoms with van der Waals surface area (Å²) in [5.74, 6) is 5.08. The van der Waals surface area contributed by atoms with Crippen LogP contribution in [0.3, 0.4) is 0 Å². The molecule has 20 heavy (non-hydrogen) atoms. The molecule has 0 spiro atoms. The third-order valence-corrected chi connectivity index (χ3v) is 2.76. The minimum atomic E-state index is -1.22. The average molecular weight is 275 g/mol. The van der Waals surface area contributed by atoms with Gasteiger partial charge in [0.2, 0.25) is 0 Å². The molecular weight excluding hydrogens is 261 g/mol. The Labute approximate surface area is 115 Å². The summed E-state index contributed by atoms with van der Waals surface area (Å²) in [4.78, 5) is 10.7. The van der Waals surface area contributed by atoms with Crippen molar-refractivity contribution < 1.29 is 14.3 Å². The highest BCUT2D eigenvalue weighted by Crippen LogP contribution is 2.16. The fourth-order valence-corrected chi connectivity index (χ4v) is 1.66. The Kier molecular flexibility index (Phi) is 4.17. The first-order valence-corrected chi connectivity index (χ1v) is 5.92. The monoisotopic (exact) mass is 275 g/mol. The van der Waals surface area contributed by atoms with Crippen LogP contribution < -0.4 is 16.2 Å². The number of anilines is 2. The summed E-state index contributed by atoms with van der Waals surface area (Å²) in [7, 11) is 0. The third kappa shape index (κ3) is 3.46. The molecule has 0 saturated carbocycles. The van der Waals surface area contributed by atoms with Crippen LogP contribution in [0.5, 0.6) is 0 Å². The van der Waals surface area contributed by atoms with Crippen LogP contribution in [-0.2, 0) is 6.54 Å². The van der Waals surface area contributed by atoms with Crippen LogP contribution >= 0.6 is 0 Å². The number of hydrazine groups is 1. The van der Waals surface area contributed by atoms with Gasteiger partial charge in [-0.1, -0.05) is 12.1 Å². The number of nitrogens with one attached hydrogen (secondary N) is 1. The maximum absolute atomic E-state index is 12.8. The van der Waals surface area contributed by atoms with E-state index in [0.717, 1.165) is 11.3 Å². The minimum absolute atomic E-state index is 0.269. The molecule has 2 aromatic rings. The second-order valence-electron chi connectivity index (χ2n) is 4.18. The zero-order valence-corrected chi connectivity index (χ0v) is 10.6. The lowest BCUT2D eigenvalue weighted by Gasteiger charge is -2.13. The third-order valence-electron chi connectivity index (χ3n) is 2.76. The lowest BCUT2D eigenvalue weighted by molar-refractivity contribution is 0.202. The maximum Gasteiger partial charge on any atom is 0.426 e. The van der Waals surface area contributed by atoms with E-state index in [2.05, 4.69) is 5.32 Å². The molecule has 0 heterocycles. The highest BCUT2D eigenvalue weighted by atomic mass is 19.1. The summed E-state index contributed by atoms with van der Waals surface area (Å²) in [5, 5.41) is 12.5. The van der Waals surface area contributed by atoms with Crippen molar-refractivity contribution in [3.05, 3.63) is 59.9 Å². The molecule has 0 saturated heterocycles. The minimum Gasteiger partial charge on any atom is -0.464 e. The first-order valence-electron chi connectivity index (χ1n) is 5.92. The van der Waals surface area contributed by atoms with Crippen molar-refractivity contribution in [3.8, 4) is 0 Å². The van der Waals surface area contributed by atoms with Crippen molar-refractivity contribution in [1.82, 2.24) is 0 Å². The molecule has 0 aliphatic carbocycles. The van der Waals surface area contributed by atoms with E-state index < -0.39 is 6.09 Å². The number of hydrogen-bond donors (Lipinski definition) is 3. The summed E-state index contributed by atoms with van der Waals surface area (Å²) in [5.41, 5.74) is 2.14. The fraction of sp³-hybridized carbons (Fsp3) is 0.0714. The number of benzene rings is 2. The van der Waals surface area contributed by atoms with Gasteiger partial charge in [0, 0.05) is 12.2 Å². The topological polar surface area (TPSA) is 78.6 Å². The molecule has 0 aromatic heterocycles. The molecule has 2 rings (SSSR count). The molecule has 2 aromatic carbocycles. The second-order valence-corrected chi connectivity index (χ2v) is 4.18. The zero-order valence-electron chi connectivity index (χ0n) is 10.6. The van der Waals surface area contributed by atoms with Crippen molar-refractivity contribution in [2.24, 2.45) is 5.84 Å². The number of carbonyl (C=O) groups is 1. The number of carboxylic acid groups (broad SMARTS) is 1. The van der Waals surface area contributed by atoms with Crippen molar-refractivity contribution >= 4 is 17.5 Å². The number of nitrogens with zero attached hydrogens (tertiary/aromatic N) is 1.